The smallest absolute Gasteiger partial charge is 0.242 e. The molecule has 2 heterocycles. The fourth-order valence-electron chi connectivity index (χ4n) is 3.85. The first-order chi connectivity index (χ1) is 10.8. The summed E-state index contributed by atoms with van der Waals surface area (Å²) in [5, 5.41) is 0. The summed E-state index contributed by atoms with van der Waals surface area (Å²) in [6.45, 7) is 10.0. The molecule has 0 aromatic heterocycles. The number of carbonyl (C=O) groups is 2. The third-order valence-electron chi connectivity index (χ3n) is 4.97. The van der Waals surface area contributed by atoms with Crippen LogP contribution < -0.4 is 0 Å². The van der Waals surface area contributed by atoms with Crippen LogP contribution in [0.1, 0.15) is 51.3 Å². The number of nitrogens with zero attached hydrogens (tertiary/aromatic N) is 2. The predicted molar refractivity (Wildman–Crippen MR) is 90.0 cm³/mol. The molecule has 2 aliphatic heterocycles. The molecule has 0 bridgehead atoms. The average molecular weight is 314 g/mol. The van der Waals surface area contributed by atoms with E-state index in [-0.39, 0.29) is 29.8 Å². The second kappa shape index (κ2) is 5.66. The van der Waals surface area contributed by atoms with Gasteiger partial charge in [0.25, 0.3) is 0 Å². The maximum absolute atomic E-state index is 12.7. The first-order valence-corrected chi connectivity index (χ1v) is 8.46. The third-order valence-corrected chi connectivity index (χ3v) is 4.97. The zero-order valence-electron chi connectivity index (χ0n) is 14.5. The summed E-state index contributed by atoms with van der Waals surface area (Å²) in [5.41, 5.74) is 2.44. The van der Waals surface area contributed by atoms with Crippen molar-refractivity contribution in [2.24, 2.45) is 5.92 Å². The van der Waals surface area contributed by atoms with Crippen LogP contribution in [0.3, 0.4) is 0 Å². The van der Waals surface area contributed by atoms with Crippen LogP contribution in [-0.4, -0.2) is 41.2 Å². The molecule has 0 spiro atoms. The van der Waals surface area contributed by atoms with Crippen LogP contribution in [0.15, 0.2) is 24.3 Å². The van der Waals surface area contributed by atoms with Crippen LogP contribution in [0, 0.1) is 5.92 Å². The molecule has 1 aromatic rings. The van der Waals surface area contributed by atoms with Crippen LogP contribution >= 0.6 is 0 Å². The van der Waals surface area contributed by atoms with E-state index in [2.05, 4.69) is 32.0 Å². The van der Waals surface area contributed by atoms with Crippen LogP contribution in [0.2, 0.25) is 0 Å². The van der Waals surface area contributed by atoms with Gasteiger partial charge in [-0.25, -0.2) is 0 Å². The van der Waals surface area contributed by atoms with Gasteiger partial charge < -0.3 is 9.80 Å². The molecule has 0 saturated carbocycles. The van der Waals surface area contributed by atoms with E-state index in [9.17, 15) is 9.59 Å². The lowest BCUT2D eigenvalue weighted by Crippen LogP contribution is -2.58. The molecule has 2 amide bonds. The summed E-state index contributed by atoms with van der Waals surface area (Å²) in [5.74, 6) is 0.476. The van der Waals surface area contributed by atoms with Gasteiger partial charge in [0.05, 0.1) is 12.6 Å². The minimum absolute atomic E-state index is 0.00316. The largest absolute Gasteiger partial charge is 0.331 e. The summed E-state index contributed by atoms with van der Waals surface area (Å²) < 4.78 is 0. The predicted octanol–water partition coefficient (Wildman–Crippen LogP) is 2.74. The number of amides is 2. The van der Waals surface area contributed by atoms with E-state index in [4.69, 9.17) is 0 Å². The molecule has 3 rings (SSSR count). The molecule has 0 N–H and O–H groups in total. The molecule has 4 nitrogen and oxygen atoms in total. The molecule has 23 heavy (non-hydrogen) atoms. The quantitative estimate of drug-likeness (QED) is 0.842. The van der Waals surface area contributed by atoms with Gasteiger partial charge >= 0.3 is 0 Å². The zero-order valence-corrected chi connectivity index (χ0v) is 14.5. The molecule has 0 radical (unpaired) electrons. The lowest BCUT2D eigenvalue weighted by Gasteiger charge is -2.49. The van der Waals surface area contributed by atoms with E-state index < -0.39 is 0 Å². The minimum Gasteiger partial charge on any atom is -0.331 e. The van der Waals surface area contributed by atoms with Gasteiger partial charge in [-0.15, -0.1) is 0 Å². The fraction of sp³-hybridized carbons (Fsp3) is 0.579. The molecular weight excluding hydrogens is 288 g/mol. The Morgan fingerprint density at radius 3 is 2.70 bits per heavy atom. The molecule has 1 unspecified atom stereocenters. The van der Waals surface area contributed by atoms with Gasteiger partial charge in [-0.05, 0) is 17.0 Å². The van der Waals surface area contributed by atoms with Crippen molar-refractivity contribution in [2.75, 3.05) is 19.6 Å². The average Bonchev–Trinajstić information content (AvgIpc) is 2.47. The minimum atomic E-state index is -0.0487. The topological polar surface area (TPSA) is 40.6 Å². The number of carbonyl (C=O) groups excluding carboxylic acids is 2. The molecular formula is C19H26N2O2. The van der Waals surface area contributed by atoms with Gasteiger partial charge in [0, 0.05) is 24.9 Å². The van der Waals surface area contributed by atoms with Crippen molar-refractivity contribution >= 4 is 11.8 Å². The first-order valence-electron chi connectivity index (χ1n) is 8.46. The van der Waals surface area contributed by atoms with E-state index in [1.54, 1.807) is 4.90 Å². The lowest BCUT2D eigenvalue weighted by atomic mass is 9.75. The molecule has 2 aliphatic rings. The van der Waals surface area contributed by atoms with Crippen molar-refractivity contribution in [3.8, 4) is 0 Å². The molecule has 0 aliphatic carbocycles. The molecule has 1 aromatic carbocycles. The summed E-state index contributed by atoms with van der Waals surface area (Å²) >= 11 is 0. The Bertz CT molecular complexity index is 636. The second-order valence-electron chi connectivity index (χ2n) is 7.88. The third kappa shape index (κ3) is 2.87. The van der Waals surface area contributed by atoms with Gasteiger partial charge in [0.1, 0.15) is 0 Å². The number of piperazine rings is 1. The summed E-state index contributed by atoms with van der Waals surface area (Å²) in [4.78, 5) is 28.8. The maximum Gasteiger partial charge on any atom is 0.242 e. The van der Waals surface area contributed by atoms with Crippen molar-refractivity contribution in [2.45, 2.75) is 45.6 Å². The van der Waals surface area contributed by atoms with Crippen molar-refractivity contribution in [3.63, 3.8) is 0 Å². The highest BCUT2D eigenvalue weighted by Gasteiger charge is 2.43. The Kier molecular flexibility index (Phi) is 3.95. The number of hydrogen-bond donors (Lipinski definition) is 0. The fourth-order valence-corrected chi connectivity index (χ4v) is 3.85. The number of fused-ring (bicyclic) bond motifs is 3. The Balaban J connectivity index is 1.93. The molecule has 1 fully saturated rings. The van der Waals surface area contributed by atoms with Crippen LogP contribution in [0.5, 0.6) is 0 Å². The Labute approximate surface area is 138 Å². The Morgan fingerprint density at radius 2 is 2.00 bits per heavy atom. The Hall–Kier alpha value is -1.84. The van der Waals surface area contributed by atoms with Crippen LogP contribution in [0.4, 0.5) is 0 Å². The normalized spacial score (nSPS) is 22.8. The van der Waals surface area contributed by atoms with Gasteiger partial charge in [0.15, 0.2) is 0 Å². The number of rotatable bonds is 2. The van der Waals surface area contributed by atoms with E-state index in [0.29, 0.717) is 18.9 Å². The van der Waals surface area contributed by atoms with Crippen LogP contribution in [0.25, 0.3) is 0 Å². The number of hydrogen-bond acceptors (Lipinski definition) is 2. The van der Waals surface area contributed by atoms with Crippen molar-refractivity contribution in [1.29, 1.82) is 0 Å². The summed E-state index contributed by atoms with van der Waals surface area (Å²) in [6, 6.07) is 8.35. The van der Waals surface area contributed by atoms with Gasteiger partial charge in [-0.3, -0.25) is 9.59 Å². The SMILES string of the molecule is CC(C)CC(=O)N1CC(=O)N2CC(C)(C)c3ccccc3C2C1. The van der Waals surface area contributed by atoms with Gasteiger partial charge in [0.2, 0.25) is 11.8 Å². The maximum atomic E-state index is 12.7. The van der Waals surface area contributed by atoms with Crippen LogP contribution in [-0.2, 0) is 15.0 Å². The Morgan fingerprint density at radius 1 is 1.30 bits per heavy atom. The van der Waals surface area contributed by atoms with E-state index in [0.717, 1.165) is 6.54 Å². The summed E-state index contributed by atoms with van der Waals surface area (Å²) in [6.07, 6.45) is 0.507. The second-order valence-corrected chi connectivity index (χ2v) is 7.88. The molecule has 4 heteroatoms. The zero-order chi connectivity index (χ0) is 16.8. The highest BCUT2D eigenvalue weighted by Crippen LogP contribution is 2.41. The molecule has 124 valence electrons. The van der Waals surface area contributed by atoms with E-state index in [1.807, 2.05) is 24.8 Å². The highest BCUT2D eigenvalue weighted by molar-refractivity contribution is 5.87. The standard InChI is InChI=1S/C19H26N2O2/c1-13(2)9-17(22)20-10-16-14-7-5-6-8-15(14)19(3,4)12-21(16)18(23)11-20/h5-8,13,16H,9-12H2,1-4H3. The van der Waals surface area contributed by atoms with Gasteiger partial charge in [-0.2, -0.15) is 0 Å². The monoisotopic (exact) mass is 314 g/mol. The van der Waals surface area contributed by atoms with Crippen molar-refractivity contribution in [3.05, 3.63) is 35.4 Å². The molecule has 1 saturated heterocycles. The van der Waals surface area contributed by atoms with E-state index in [1.165, 1.54) is 11.1 Å². The van der Waals surface area contributed by atoms with Gasteiger partial charge in [-0.1, -0.05) is 52.0 Å². The summed E-state index contributed by atoms with van der Waals surface area (Å²) in [7, 11) is 0. The van der Waals surface area contributed by atoms with E-state index >= 15 is 0 Å². The highest BCUT2D eigenvalue weighted by atomic mass is 16.2. The van der Waals surface area contributed by atoms with Crippen molar-refractivity contribution < 1.29 is 9.59 Å². The molecule has 1 atom stereocenters. The number of benzene rings is 1. The van der Waals surface area contributed by atoms with Crippen molar-refractivity contribution in [1.82, 2.24) is 9.80 Å². The first kappa shape index (κ1) is 16.0. The lowest BCUT2D eigenvalue weighted by molar-refractivity contribution is -0.150.